The van der Waals surface area contributed by atoms with Crippen molar-refractivity contribution in [3.8, 4) is 0 Å². The number of aliphatic hydroxyl groups is 1. The van der Waals surface area contributed by atoms with Crippen LogP contribution in [0, 0.1) is 18.6 Å². The van der Waals surface area contributed by atoms with Crippen molar-refractivity contribution in [1.29, 1.82) is 0 Å². The number of aromatic nitrogens is 2. The number of aliphatic hydroxyl groups excluding tert-OH is 1. The van der Waals surface area contributed by atoms with Gasteiger partial charge >= 0.3 is 0 Å². The maximum atomic E-state index is 13.5. The number of hydrogen-bond donors (Lipinski definition) is 4. The summed E-state index contributed by atoms with van der Waals surface area (Å²) in [5, 5.41) is 19.5. The second kappa shape index (κ2) is 11.6. The number of halogens is 3. The highest BCUT2D eigenvalue weighted by Crippen LogP contribution is 2.22. The molecule has 190 valence electrons. The normalized spacial score (nSPS) is 20.5. The van der Waals surface area contributed by atoms with E-state index in [2.05, 4.69) is 31.7 Å². The van der Waals surface area contributed by atoms with Crippen LogP contribution >= 0.6 is 12.4 Å². The first-order valence-corrected chi connectivity index (χ1v) is 11.2. The molecule has 12 heteroatoms. The lowest BCUT2D eigenvalue weighted by Gasteiger charge is -2.35. The monoisotopic (exact) mass is 508 g/mol. The first kappa shape index (κ1) is 26.6. The molecule has 3 heterocycles. The summed E-state index contributed by atoms with van der Waals surface area (Å²) < 4.78 is 28.7. The van der Waals surface area contributed by atoms with Gasteiger partial charge in [0.05, 0.1) is 19.1 Å². The van der Waals surface area contributed by atoms with E-state index in [1.807, 2.05) is 17.9 Å². The third-order valence-electron chi connectivity index (χ3n) is 5.91. The Morgan fingerprint density at radius 1 is 1.20 bits per heavy atom. The Labute approximate surface area is 209 Å². The van der Waals surface area contributed by atoms with Gasteiger partial charge in [-0.15, -0.1) is 12.4 Å². The number of piperazine rings is 1. The first-order valence-electron chi connectivity index (χ1n) is 11.2. The largest absolute Gasteiger partial charge is 0.395 e. The molecule has 35 heavy (non-hydrogen) atoms. The molecule has 1 saturated heterocycles. The van der Waals surface area contributed by atoms with Gasteiger partial charge in [-0.2, -0.15) is 5.10 Å². The average molecular weight is 509 g/mol. The Bertz CT molecular complexity index is 1080. The van der Waals surface area contributed by atoms with Gasteiger partial charge in [0.1, 0.15) is 17.5 Å². The number of anilines is 1. The summed E-state index contributed by atoms with van der Waals surface area (Å²) in [5.74, 6) is -1.64. The maximum absolute atomic E-state index is 13.5. The van der Waals surface area contributed by atoms with Gasteiger partial charge in [0.2, 0.25) is 5.79 Å². The van der Waals surface area contributed by atoms with Gasteiger partial charge in [0.15, 0.2) is 0 Å². The lowest BCUT2D eigenvalue weighted by atomic mass is 10.2. The fourth-order valence-electron chi connectivity index (χ4n) is 4.09. The van der Waals surface area contributed by atoms with E-state index in [1.165, 1.54) is 18.5 Å². The van der Waals surface area contributed by atoms with Crippen LogP contribution in [0.5, 0.6) is 0 Å². The van der Waals surface area contributed by atoms with Crippen LogP contribution in [0.15, 0.2) is 47.4 Å². The van der Waals surface area contributed by atoms with Crippen LogP contribution in [0.4, 0.5) is 14.5 Å². The van der Waals surface area contributed by atoms with Crippen LogP contribution in [0.1, 0.15) is 11.3 Å². The second-order valence-corrected chi connectivity index (χ2v) is 8.31. The zero-order chi connectivity index (χ0) is 24.1. The van der Waals surface area contributed by atoms with Crippen LogP contribution in [0.25, 0.3) is 6.08 Å². The van der Waals surface area contributed by atoms with Gasteiger partial charge in [0.25, 0.3) is 0 Å². The highest BCUT2D eigenvalue weighted by atomic mass is 35.5. The molecule has 1 aromatic carbocycles. The highest BCUT2D eigenvalue weighted by molar-refractivity contribution is 5.85. The fraction of sp³-hybridized carbons (Fsp3) is 0.391. The third-order valence-corrected chi connectivity index (χ3v) is 5.91. The van der Waals surface area contributed by atoms with Crippen LogP contribution in [-0.4, -0.2) is 72.0 Å². The number of rotatable bonds is 8. The SMILES string of the molecule is Cc1c(C=CCN2CCN(c3cc(F)cc(F)c3)CC2)cnn1C1(N)C=C(NCCO)NC=N1.Cl. The molecule has 5 N–H and O–H groups in total. The number of aliphatic imine (C=N–C) groups is 1. The number of hydrogen-bond acceptors (Lipinski definition) is 8. The van der Waals surface area contributed by atoms with Crippen molar-refractivity contribution < 1.29 is 13.9 Å². The summed E-state index contributed by atoms with van der Waals surface area (Å²) >= 11 is 0. The molecule has 2 aromatic rings. The molecule has 1 atom stereocenters. The molecule has 2 aliphatic heterocycles. The number of nitrogens with one attached hydrogen (secondary N) is 2. The zero-order valence-corrected chi connectivity index (χ0v) is 20.3. The number of benzene rings is 1. The van der Waals surface area contributed by atoms with Crippen LogP contribution in [-0.2, 0) is 5.79 Å². The topological polar surface area (TPSA) is 107 Å². The molecule has 0 aliphatic carbocycles. The minimum Gasteiger partial charge on any atom is -0.395 e. The number of nitrogens with two attached hydrogens (primary N) is 1. The van der Waals surface area contributed by atoms with E-state index in [1.54, 1.807) is 17.0 Å². The van der Waals surface area contributed by atoms with Crippen molar-refractivity contribution in [3.05, 3.63) is 65.3 Å². The van der Waals surface area contributed by atoms with Gasteiger partial charge in [-0.05, 0) is 19.1 Å². The van der Waals surface area contributed by atoms with Gasteiger partial charge in [0, 0.05) is 68.4 Å². The third kappa shape index (κ3) is 6.37. The van der Waals surface area contributed by atoms with Gasteiger partial charge in [-0.25, -0.2) is 18.5 Å². The standard InChI is InChI=1S/C23H30F2N8O.ClH/c1-17-18(15-30-33(17)23(26)14-22(27-4-10-34)28-16-29-23)3-2-5-31-6-8-32(9-7-31)21-12-19(24)11-20(25)13-21;/h2-3,11-16,27,34H,4-10,26H2,1H3,(H,28,29);1H. The fourth-order valence-corrected chi connectivity index (χ4v) is 4.09. The summed E-state index contributed by atoms with van der Waals surface area (Å²) in [6, 6.07) is 3.63. The van der Waals surface area contributed by atoms with E-state index >= 15 is 0 Å². The molecule has 2 aliphatic rings. The molecule has 0 radical (unpaired) electrons. The molecule has 9 nitrogen and oxygen atoms in total. The van der Waals surface area contributed by atoms with E-state index in [9.17, 15) is 8.78 Å². The van der Waals surface area contributed by atoms with Crippen LogP contribution in [0.2, 0.25) is 0 Å². The van der Waals surface area contributed by atoms with E-state index in [0.29, 0.717) is 31.1 Å². The van der Waals surface area contributed by atoms with E-state index in [-0.39, 0.29) is 19.0 Å². The minimum atomic E-state index is -1.17. The van der Waals surface area contributed by atoms with Crippen LogP contribution in [0.3, 0.4) is 0 Å². The Morgan fingerprint density at radius 3 is 2.60 bits per heavy atom. The predicted molar refractivity (Wildman–Crippen MR) is 135 cm³/mol. The van der Waals surface area contributed by atoms with E-state index in [4.69, 9.17) is 10.8 Å². The van der Waals surface area contributed by atoms with Gasteiger partial charge in [-0.3, -0.25) is 10.6 Å². The van der Waals surface area contributed by atoms with Crippen molar-refractivity contribution in [2.24, 2.45) is 10.7 Å². The predicted octanol–water partition coefficient (Wildman–Crippen LogP) is 1.35. The van der Waals surface area contributed by atoms with Crippen molar-refractivity contribution in [2.75, 3.05) is 50.8 Å². The highest BCUT2D eigenvalue weighted by Gasteiger charge is 2.29. The first-order chi connectivity index (χ1) is 16.4. The molecular weight excluding hydrogens is 478 g/mol. The smallest absolute Gasteiger partial charge is 0.228 e. The Balaban J connectivity index is 0.00000342. The summed E-state index contributed by atoms with van der Waals surface area (Å²) in [5.41, 5.74) is 8.87. The molecule has 4 rings (SSSR count). The summed E-state index contributed by atoms with van der Waals surface area (Å²) in [7, 11) is 0. The maximum Gasteiger partial charge on any atom is 0.228 e. The lowest BCUT2D eigenvalue weighted by molar-refractivity contribution is 0.284. The lowest BCUT2D eigenvalue weighted by Crippen LogP contribution is -2.46. The summed E-state index contributed by atoms with van der Waals surface area (Å²) in [4.78, 5) is 8.62. The molecule has 0 amide bonds. The Morgan fingerprint density at radius 2 is 1.91 bits per heavy atom. The van der Waals surface area contributed by atoms with Crippen molar-refractivity contribution in [1.82, 2.24) is 25.3 Å². The Kier molecular flexibility index (Phi) is 8.84. The molecule has 1 unspecified atom stereocenters. The molecule has 1 aromatic heterocycles. The van der Waals surface area contributed by atoms with Gasteiger partial charge in [-0.1, -0.05) is 12.2 Å². The van der Waals surface area contributed by atoms with E-state index < -0.39 is 17.4 Å². The average Bonchev–Trinajstić information content (AvgIpc) is 3.19. The molecule has 0 saturated carbocycles. The number of nitrogens with zero attached hydrogens (tertiary/aromatic N) is 5. The van der Waals surface area contributed by atoms with Crippen molar-refractivity contribution >= 4 is 30.5 Å². The van der Waals surface area contributed by atoms with Crippen molar-refractivity contribution in [3.63, 3.8) is 0 Å². The summed E-state index contributed by atoms with van der Waals surface area (Å²) in [6.45, 7) is 6.07. The molecule has 1 fully saturated rings. The van der Waals surface area contributed by atoms with Crippen molar-refractivity contribution in [2.45, 2.75) is 12.7 Å². The Hall–Kier alpha value is -2.99. The van der Waals surface area contributed by atoms with Gasteiger partial charge < -0.3 is 20.6 Å². The zero-order valence-electron chi connectivity index (χ0n) is 19.5. The quantitative estimate of drug-likeness (QED) is 0.426. The minimum absolute atomic E-state index is 0. The van der Waals surface area contributed by atoms with Crippen LogP contribution < -0.4 is 21.3 Å². The summed E-state index contributed by atoms with van der Waals surface area (Å²) in [6.07, 6.45) is 9.07. The molecule has 0 bridgehead atoms. The molecular formula is C23H31ClF2N8O. The van der Waals surface area contributed by atoms with E-state index in [0.717, 1.165) is 37.0 Å². The second-order valence-electron chi connectivity index (χ2n) is 8.31. The molecule has 0 spiro atoms.